The normalized spacial score (nSPS) is 12.0. The molecule has 2 N–H and O–H groups in total. The lowest BCUT2D eigenvalue weighted by molar-refractivity contribution is 0.322. The Hall–Kier alpha value is -1.72. The smallest absolute Gasteiger partial charge is 0.126 e. The quantitative estimate of drug-likeness (QED) is 0.690. The molecule has 0 fully saturated rings. The van der Waals surface area contributed by atoms with Gasteiger partial charge in [-0.15, -0.1) is 0 Å². The molecule has 0 radical (unpaired) electrons. The number of aliphatic hydroxyl groups excluding tert-OH is 1. The molecular formula is C18H24N2O2S. The van der Waals surface area contributed by atoms with Crippen molar-refractivity contribution in [2.75, 3.05) is 24.8 Å². The number of rotatable bonds is 9. The molecule has 2 aromatic rings. The summed E-state index contributed by atoms with van der Waals surface area (Å²) in [5.41, 5.74) is 2.40. The zero-order chi connectivity index (χ0) is 16.5. The third-order valence-electron chi connectivity index (χ3n) is 3.44. The monoisotopic (exact) mass is 332 g/mol. The molecule has 124 valence electrons. The number of benzene rings is 1. The van der Waals surface area contributed by atoms with Gasteiger partial charge in [0, 0.05) is 23.7 Å². The van der Waals surface area contributed by atoms with Crippen molar-refractivity contribution >= 4 is 17.6 Å². The fraction of sp³-hybridized carbons (Fsp3) is 0.389. The lowest BCUT2D eigenvalue weighted by Crippen LogP contribution is -2.19. The number of pyridine rings is 1. The first kappa shape index (κ1) is 17.6. The molecule has 0 spiro atoms. The number of ether oxygens (including phenoxy) is 1. The van der Waals surface area contributed by atoms with Crippen molar-refractivity contribution in [2.24, 2.45) is 0 Å². The summed E-state index contributed by atoms with van der Waals surface area (Å²) in [5, 5.41) is 12.3. The summed E-state index contributed by atoms with van der Waals surface area (Å²) in [7, 11) is 1.70. The summed E-state index contributed by atoms with van der Waals surface area (Å²) < 4.78 is 5.40. The number of hydrogen-bond donors (Lipinski definition) is 2. The maximum absolute atomic E-state index is 8.84. The minimum Gasteiger partial charge on any atom is -0.496 e. The number of aromatic nitrogens is 1. The highest BCUT2D eigenvalue weighted by Gasteiger charge is 2.09. The van der Waals surface area contributed by atoms with Crippen LogP contribution in [0.5, 0.6) is 5.75 Å². The van der Waals surface area contributed by atoms with Crippen LogP contribution in [0.3, 0.4) is 0 Å². The van der Waals surface area contributed by atoms with Crippen LogP contribution in [0.25, 0.3) is 0 Å². The van der Waals surface area contributed by atoms with Gasteiger partial charge in [-0.25, -0.2) is 4.98 Å². The topological polar surface area (TPSA) is 54.4 Å². The van der Waals surface area contributed by atoms with Gasteiger partial charge in [0.05, 0.1) is 13.7 Å². The first-order valence-corrected chi connectivity index (χ1v) is 8.90. The zero-order valence-corrected chi connectivity index (χ0v) is 14.5. The second-order valence-electron chi connectivity index (χ2n) is 5.39. The van der Waals surface area contributed by atoms with E-state index in [-0.39, 0.29) is 12.6 Å². The summed E-state index contributed by atoms with van der Waals surface area (Å²) in [6.07, 6.45) is 2.70. The Balaban J connectivity index is 1.94. The van der Waals surface area contributed by atoms with Crippen LogP contribution in [-0.2, 0) is 12.2 Å². The maximum Gasteiger partial charge on any atom is 0.126 e. The number of nitrogens with zero attached hydrogens (tertiary/aromatic N) is 1. The first-order valence-electron chi connectivity index (χ1n) is 7.75. The highest BCUT2D eigenvalue weighted by Crippen LogP contribution is 2.20. The molecule has 1 aromatic heterocycles. The van der Waals surface area contributed by atoms with Crippen molar-refractivity contribution in [3.8, 4) is 5.75 Å². The van der Waals surface area contributed by atoms with Gasteiger partial charge < -0.3 is 15.2 Å². The predicted molar refractivity (Wildman–Crippen MR) is 97.3 cm³/mol. The van der Waals surface area contributed by atoms with Gasteiger partial charge in [-0.1, -0.05) is 18.2 Å². The van der Waals surface area contributed by atoms with Crippen molar-refractivity contribution in [1.82, 2.24) is 4.98 Å². The Morgan fingerprint density at radius 3 is 2.91 bits per heavy atom. The molecule has 1 atom stereocenters. The highest BCUT2D eigenvalue weighted by atomic mass is 32.2. The van der Waals surface area contributed by atoms with Gasteiger partial charge in [-0.3, -0.25) is 0 Å². The molecule has 0 saturated carbocycles. The van der Waals surface area contributed by atoms with Crippen molar-refractivity contribution in [1.29, 1.82) is 0 Å². The average molecular weight is 332 g/mol. The Bertz CT molecular complexity index is 607. The van der Waals surface area contributed by atoms with Crippen LogP contribution < -0.4 is 10.1 Å². The van der Waals surface area contributed by atoms with E-state index in [0.717, 1.165) is 29.5 Å². The summed E-state index contributed by atoms with van der Waals surface area (Å²) in [6.45, 7) is 2.36. The van der Waals surface area contributed by atoms with Gasteiger partial charge >= 0.3 is 0 Å². The Labute approximate surface area is 142 Å². The summed E-state index contributed by atoms with van der Waals surface area (Å²) in [6, 6.07) is 12.4. The molecule has 23 heavy (non-hydrogen) atoms. The molecule has 1 aromatic carbocycles. The minimum absolute atomic E-state index is 0.219. The minimum atomic E-state index is 0.219. The number of hydrogen-bond acceptors (Lipinski definition) is 5. The number of thioether (sulfide) groups is 1. The van der Waals surface area contributed by atoms with Crippen LogP contribution in [0.15, 0.2) is 42.6 Å². The van der Waals surface area contributed by atoms with Gasteiger partial charge in [0.2, 0.25) is 0 Å². The largest absolute Gasteiger partial charge is 0.496 e. The van der Waals surface area contributed by atoms with Crippen LogP contribution in [0.1, 0.15) is 18.1 Å². The van der Waals surface area contributed by atoms with E-state index in [4.69, 9.17) is 9.84 Å². The molecule has 0 bridgehead atoms. The molecule has 0 aliphatic carbocycles. The predicted octanol–water partition coefficient (Wildman–Crippen LogP) is 3.36. The van der Waals surface area contributed by atoms with Crippen LogP contribution in [0.4, 0.5) is 5.82 Å². The van der Waals surface area contributed by atoms with E-state index in [2.05, 4.69) is 29.4 Å². The fourth-order valence-corrected chi connectivity index (χ4v) is 3.09. The van der Waals surface area contributed by atoms with Crippen molar-refractivity contribution in [3.63, 3.8) is 0 Å². The second-order valence-corrected chi connectivity index (χ2v) is 6.49. The summed E-state index contributed by atoms with van der Waals surface area (Å²) in [5.74, 6) is 3.45. The SMILES string of the molecule is COc1ccccc1CC(C)Nc1cc(CSCCO)ccn1. The fourth-order valence-electron chi connectivity index (χ4n) is 2.40. The summed E-state index contributed by atoms with van der Waals surface area (Å²) >= 11 is 1.72. The number of aliphatic hydroxyl groups is 1. The maximum atomic E-state index is 8.84. The van der Waals surface area contributed by atoms with Gasteiger partial charge in [0.15, 0.2) is 0 Å². The standard InChI is InChI=1S/C18H24N2O2S/c1-14(11-16-5-3-4-6-17(16)22-2)20-18-12-15(7-8-19-18)13-23-10-9-21/h3-8,12,14,21H,9-11,13H2,1-2H3,(H,19,20). The van der Waals surface area contributed by atoms with Crippen molar-refractivity contribution < 1.29 is 9.84 Å². The van der Waals surface area contributed by atoms with Crippen LogP contribution >= 0.6 is 11.8 Å². The third-order valence-corrected chi connectivity index (χ3v) is 4.45. The van der Waals surface area contributed by atoms with Gasteiger partial charge in [0.25, 0.3) is 0 Å². The Kier molecular flexibility index (Phi) is 7.23. The molecular weight excluding hydrogens is 308 g/mol. The lowest BCUT2D eigenvalue weighted by Gasteiger charge is -2.17. The van der Waals surface area contributed by atoms with Crippen LogP contribution in [-0.4, -0.2) is 35.6 Å². The molecule has 1 unspecified atom stereocenters. The van der Waals surface area contributed by atoms with Gasteiger partial charge in [-0.05, 0) is 42.7 Å². The second kappa shape index (κ2) is 9.43. The van der Waals surface area contributed by atoms with E-state index < -0.39 is 0 Å². The molecule has 5 heteroatoms. The number of para-hydroxylation sites is 1. The first-order chi connectivity index (χ1) is 11.2. The van der Waals surface area contributed by atoms with E-state index in [1.165, 1.54) is 11.1 Å². The number of nitrogens with one attached hydrogen (secondary N) is 1. The van der Waals surface area contributed by atoms with E-state index in [9.17, 15) is 0 Å². The van der Waals surface area contributed by atoms with E-state index in [1.54, 1.807) is 18.9 Å². The van der Waals surface area contributed by atoms with Gasteiger partial charge in [0.1, 0.15) is 11.6 Å². The van der Waals surface area contributed by atoms with E-state index in [0.29, 0.717) is 0 Å². The van der Waals surface area contributed by atoms with Crippen LogP contribution in [0, 0.1) is 0 Å². The molecule has 4 nitrogen and oxygen atoms in total. The molecule has 1 heterocycles. The average Bonchev–Trinajstić information content (AvgIpc) is 2.56. The molecule has 0 amide bonds. The number of anilines is 1. The lowest BCUT2D eigenvalue weighted by atomic mass is 10.1. The molecule has 0 aliphatic rings. The molecule has 0 saturated heterocycles. The van der Waals surface area contributed by atoms with E-state index in [1.807, 2.05) is 30.5 Å². The van der Waals surface area contributed by atoms with E-state index >= 15 is 0 Å². The zero-order valence-electron chi connectivity index (χ0n) is 13.7. The third kappa shape index (κ3) is 5.77. The number of methoxy groups -OCH3 is 1. The molecule has 0 aliphatic heterocycles. The Morgan fingerprint density at radius 2 is 2.13 bits per heavy atom. The highest BCUT2D eigenvalue weighted by molar-refractivity contribution is 7.98. The summed E-state index contributed by atoms with van der Waals surface area (Å²) in [4.78, 5) is 4.39. The van der Waals surface area contributed by atoms with Crippen molar-refractivity contribution in [2.45, 2.75) is 25.1 Å². The van der Waals surface area contributed by atoms with Crippen LogP contribution in [0.2, 0.25) is 0 Å². The molecule has 2 rings (SSSR count). The van der Waals surface area contributed by atoms with Crippen molar-refractivity contribution in [3.05, 3.63) is 53.7 Å². The Morgan fingerprint density at radius 1 is 1.30 bits per heavy atom. The van der Waals surface area contributed by atoms with Gasteiger partial charge in [-0.2, -0.15) is 11.8 Å².